The van der Waals surface area contributed by atoms with E-state index < -0.39 is 0 Å². The lowest BCUT2D eigenvalue weighted by Gasteiger charge is -2.05. The lowest BCUT2D eigenvalue weighted by Crippen LogP contribution is -2.25. The number of rotatable bonds is 20. The van der Waals surface area contributed by atoms with E-state index in [4.69, 9.17) is 4.74 Å². The van der Waals surface area contributed by atoms with Crippen LogP contribution in [0.5, 0.6) is 0 Å². The maximum atomic E-state index is 12.0. The van der Waals surface area contributed by atoms with Crippen molar-refractivity contribution in [1.29, 1.82) is 0 Å². The Morgan fingerprint density at radius 2 is 1.34 bits per heavy atom. The number of hydrogen-bond acceptors (Lipinski definition) is 3. The highest BCUT2D eigenvalue weighted by molar-refractivity contribution is 5.92. The average molecular weight is 408 g/mol. The van der Waals surface area contributed by atoms with Crippen LogP contribution in [0.1, 0.15) is 120 Å². The molecule has 0 atom stereocenters. The Bertz CT molecular complexity index is 502. The number of hydrogen-bond donors (Lipinski definition) is 1. The van der Waals surface area contributed by atoms with E-state index in [1.807, 2.05) is 0 Å². The normalized spacial score (nSPS) is 11.1. The topological polar surface area (TPSA) is 56.2 Å². The van der Waals surface area contributed by atoms with Crippen LogP contribution in [0.15, 0.2) is 12.3 Å². The van der Waals surface area contributed by atoms with Crippen LogP contribution in [0.2, 0.25) is 0 Å². The van der Waals surface area contributed by atoms with Gasteiger partial charge in [-0.1, -0.05) is 103 Å². The highest BCUT2D eigenvalue weighted by Gasteiger charge is 2.08. The molecule has 0 unspecified atom stereocenters. The monoisotopic (exact) mass is 407 g/mol. The first-order valence-corrected chi connectivity index (χ1v) is 12.1. The van der Waals surface area contributed by atoms with Gasteiger partial charge in [0.05, 0.1) is 0 Å². The molecule has 0 saturated heterocycles. The fourth-order valence-electron chi connectivity index (χ4n) is 3.65. The molecule has 5 nitrogen and oxygen atoms in total. The van der Waals surface area contributed by atoms with Gasteiger partial charge >= 0.3 is 0 Å². The van der Waals surface area contributed by atoms with E-state index in [2.05, 4.69) is 17.3 Å². The first-order valence-electron chi connectivity index (χ1n) is 12.1. The molecule has 1 N–H and O–H groups in total. The van der Waals surface area contributed by atoms with E-state index in [1.165, 1.54) is 96.3 Å². The number of unbranched alkanes of at least 4 members (excludes halogenated alkanes) is 15. The summed E-state index contributed by atoms with van der Waals surface area (Å²) in [6.45, 7) is 3.38. The van der Waals surface area contributed by atoms with Crippen molar-refractivity contribution in [3.63, 3.8) is 0 Å². The minimum atomic E-state index is -0.0965. The molecule has 29 heavy (non-hydrogen) atoms. The molecule has 0 radical (unpaired) electrons. The summed E-state index contributed by atoms with van der Waals surface area (Å²) in [7, 11) is 1.61. The third-order valence-corrected chi connectivity index (χ3v) is 5.45. The zero-order valence-electron chi connectivity index (χ0n) is 19.1. The van der Waals surface area contributed by atoms with Crippen LogP contribution in [-0.2, 0) is 11.5 Å². The number of carbonyl (C=O) groups excluding carboxylic acids is 1. The summed E-state index contributed by atoms with van der Waals surface area (Å²) < 4.78 is 6.60. The Hall–Kier alpha value is -1.36. The Morgan fingerprint density at radius 3 is 1.83 bits per heavy atom. The standard InChI is InChI=1S/C24H45N3O2/c1-3-4-5-6-7-8-9-10-11-12-13-14-15-16-17-18-20-25-24(28)23-19-21-27(26-23)22-29-2/h19,21H,3-18,20,22H2,1-2H3,(H,25,28). The fraction of sp³-hybridized carbons (Fsp3) is 0.833. The van der Waals surface area contributed by atoms with E-state index in [9.17, 15) is 4.79 Å². The van der Waals surface area contributed by atoms with Gasteiger partial charge in [-0.05, 0) is 12.5 Å². The molecule has 0 aliphatic carbocycles. The minimum Gasteiger partial charge on any atom is -0.362 e. The summed E-state index contributed by atoms with van der Waals surface area (Å²) >= 11 is 0. The highest BCUT2D eigenvalue weighted by atomic mass is 16.5. The van der Waals surface area contributed by atoms with Gasteiger partial charge in [-0.25, -0.2) is 4.68 Å². The Balaban J connectivity index is 1.80. The van der Waals surface area contributed by atoms with Gasteiger partial charge in [-0.2, -0.15) is 5.10 Å². The Kier molecular flexibility index (Phi) is 16.5. The molecular weight excluding hydrogens is 362 g/mol. The molecule has 0 aliphatic rings. The summed E-state index contributed by atoms with van der Waals surface area (Å²) in [5.41, 5.74) is 0.457. The second-order valence-corrected chi connectivity index (χ2v) is 8.22. The maximum Gasteiger partial charge on any atom is 0.271 e. The number of ether oxygens (including phenoxy) is 1. The van der Waals surface area contributed by atoms with E-state index in [0.717, 1.165) is 13.0 Å². The molecule has 5 heteroatoms. The number of carbonyl (C=O) groups is 1. The van der Waals surface area contributed by atoms with Crippen LogP contribution in [0, 0.1) is 0 Å². The summed E-state index contributed by atoms with van der Waals surface area (Å²) in [6, 6.07) is 1.72. The lowest BCUT2D eigenvalue weighted by molar-refractivity contribution is 0.0940. The first kappa shape index (κ1) is 25.7. The summed E-state index contributed by atoms with van der Waals surface area (Å²) in [4.78, 5) is 12.0. The van der Waals surface area contributed by atoms with Crippen LogP contribution in [-0.4, -0.2) is 29.3 Å². The highest BCUT2D eigenvalue weighted by Crippen LogP contribution is 2.13. The van der Waals surface area contributed by atoms with Crippen molar-refractivity contribution in [2.24, 2.45) is 0 Å². The third kappa shape index (κ3) is 14.3. The zero-order chi connectivity index (χ0) is 21.0. The molecule has 1 aromatic rings. The van der Waals surface area contributed by atoms with Gasteiger partial charge in [0.2, 0.25) is 0 Å². The Labute approximate surface area is 179 Å². The number of aromatic nitrogens is 2. The molecule has 0 bridgehead atoms. The van der Waals surface area contributed by atoms with Gasteiger partial charge in [-0.3, -0.25) is 4.79 Å². The van der Waals surface area contributed by atoms with Crippen LogP contribution < -0.4 is 5.32 Å². The SMILES string of the molecule is CCCCCCCCCCCCCCCCCCNC(=O)c1ccn(COC)n1. The minimum absolute atomic E-state index is 0.0965. The average Bonchev–Trinajstić information content (AvgIpc) is 3.19. The van der Waals surface area contributed by atoms with E-state index in [0.29, 0.717) is 12.4 Å². The van der Waals surface area contributed by atoms with Crippen LogP contribution >= 0.6 is 0 Å². The number of methoxy groups -OCH3 is 1. The van der Waals surface area contributed by atoms with Crippen molar-refractivity contribution in [3.8, 4) is 0 Å². The molecule has 1 amide bonds. The molecule has 0 saturated carbocycles. The Morgan fingerprint density at radius 1 is 0.862 bits per heavy atom. The van der Waals surface area contributed by atoms with Crippen LogP contribution in [0.3, 0.4) is 0 Å². The third-order valence-electron chi connectivity index (χ3n) is 5.45. The van der Waals surface area contributed by atoms with Crippen molar-refractivity contribution < 1.29 is 9.53 Å². The van der Waals surface area contributed by atoms with E-state index >= 15 is 0 Å². The van der Waals surface area contributed by atoms with Crippen molar-refractivity contribution in [2.45, 2.75) is 116 Å². The molecule has 1 heterocycles. The molecule has 1 aromatic heterocycles. The van der Waals surface area contributed by atoms with Crippen molar-refractivity contribution in [2.75, 3.05) is 13.7 Å². The predicted octanol–water partition coefficient (Wildman–Crippen LogP) is 6.48. The molecule has 0 aliphatic heterocycles. The molecular formula is C24H45N3O2. The molecule has 168 valence electrons. The van der Waals surface area contributed by atoms with Gasteiger partial charge in [0.1, 0.15) is 12.4 Å². The second kappa shape index (κ2) is 18.7. The zero-order valence-corrected chi connectivity index (χ0v) is 19.1. The van der Waals surface area contributed by atoms with Crippen LogP contribution in [0.4, 0.5) is 0 Å². The summed E-state index contributed by atoms with van der Waals surface area (Å²) in [6.07, 6.45) is 23.5. The molecule has 0 fully saturated rings. The number of amides is 1. The quantitative estimate of drug-likeness (QED) is 0.252. The molecule has 0 aromatic carbocycles. The van der Waals surface area contributed by atoms with E-state index in [-0.39, 0.29) is 5.91 Å². The van der Waals surface area contributed by atoms with Gasteiger partial charge in [-0.15, -0.1) is 0 Å². The lowest BCUT2D eigenvalue weighted by atomic mass is 10.0. The second-order valence-electron chi connectivity index (χ2n) is 8.22. The smallest absolute Gasteiger partial charge is 0.271 e. The summed E-state index contributed by atoms with van der Waals surface area (Å²) in [5, 5.41) is 7.12. The van der Waals surface area contributed by atoms with Crippen LogP contribution in [0.25, 0.3) is 0 Å². The van der Waals surface area contributed by atoms with Crippen molar-refractivity contribution in [3.05, 3.63) is 18.0 Å². The van der Waals surface area contributed by atoms with Gasteiger partial charge in [0.15, 0.2) is 0 Å². The maximum absolute atomic E-state index is 12.0. The number of nitrogens with zero attached hydrogens (tertiary/aromatic N) is 2. The van der Waals surface area contributed by atoms with Gasteiger partial charge in [0, 0.05) is 19.9 Å². The largest absolute Gasteiger partial charge is 0.362 e. The van der Waals surface area contributed by atoms with Gasteiger partial charge < -0.3 is 10.1 Å². The molecule has 0 spiro atoms. The van der Waals surface area contributed by atoms with Crippen molar-refractivity contribution >= 4 is 5.91 Å². The predicted molar refractivity (Wildman–Crippen MR) is 121 cm³/mol. The van der Waals surface area contributed by atoms with Gasteiger partial charge in [0.25, 0.3) is 5.91 Å². The van der Waals surface area contributed by atoms with Crippen molar-refractivity contribution in [1.82, 2.24) is 15.1 Å². The number of nitrogens with one attached hydrogen (secondary N) is 1. The fourth-order valence-corrected chi connectivity index (χ4v) is 3.65. The molecule has 1 rings (SSSR count). The van der Waals surface area contributed by atoms with E-state index in [1.54, 1.807) is 24.1 Å². The first-order chi connectivity index (χ1) is 14.3. The summed E-state index contributed by atoms with van der Waals surface area (Å²) in [5.74, 6) is -0.0965.